The molecular formula is C33H42N6O2. The number of hydrogen-bond donors (Lipinski definition) is 1. The van der Waals surface area contributed by atoms with Crippen LogP contribution in [0.1, 0.15) is 76.7 Å². The number of pyridine rings is 2. The lowest BCUT2D eigenvalue weighted by Gasteiger charge is -2.42. The molecule has 0 unspecified atom stereocenters. The Kier molecular flexibility index (Phi) is 9.29. The third kappa shape index (κ3) is 6.93. The van der Waals surface area contributed by atoms with Gasteiger partial charge in [-0.15, -0.1) is 0 Å². The van der Waals surface area contributed by atoms with Gasteiger partial charge in [-0.05, 0) is 93.8 Å². The van der Waals surface area contributed by atoms with Gasteiger partial charge < -0.3 is 20.4 Å². The zero-order chi connectivity index (χ0) is 28.8. The van der Waals surface area contributed by atoms with Crippen molar-refractivity contribution in [3.05, 3.63) is 89.0 Å². The normalized spacial score (nSPS) is 17.0. The van der Waals surface area contributed by atoms with Crippen molar-refractivity contribution in [2.75, 3.05) is 31.1 Å². The van der Waals surface area contributed by atoms with Crippen LogP contribution in [0.3, 0.4) is 0 Å². The summed E-state index contributed by atoms with van der Waals surface area (Å²) < 4.78 is 0. The van der Waals surface area contributed by atoms with E-state index in [-0.39, 0.29) is 5.91 Å². The number of nitrogens with two attached hydrogens (primary N) is 1. The molecule has 0 radical (unpaired) electrons. The highest BCUT2D eigenvalue weighted by molar-refractivity contribution is 5.96. The van der Waals surface area contributed by atoms with Crippen molar-refractivity contribution in [1.82, 2.24) is 19.8 Å². The van der Waals surface area contributed by atoms with Gasteiger partial charge >= 0.3 is 0 Å². The molecule has 1 aromatic carbocycles. The standard InChI is InChI=1S/C33H42N6O2/c1-24-14-17-35-22-26(24)23-39(27-8-4-3-5-9-27)28-15-20-37(21-16-28)25(2)10-12-30-29(32(34)40)11-13-31(36-30)33(41)38-18-6-7-19-38/h3-5,8-9,11,13-14,17,22,25,28H,6-7,10,12,15-16,18-21,23H2,1-2H3,(H2,34,40)/t25-/m1/s1. The molecule has 2 aromatic heterocycles. The van der Waals surface area contributed by atoms with E-state index in [9.17, 15) is 9.59 Å². The van der Waals surface area contributed by atoms with Crippen molar-refractivity contribution in [2.45, 2.75) is 71.0 Å². The number of aromatic nitrogens is 2. The second-order valence-electron chi connectivity index (χ2n) is 11.5. The predicted octanol–water partition coefficient (Wildman–Crippen LogP) is 4.61. The Bertz CT molecular complexity index is 1330. The summed E-state index contributed by atoms with van der Waals surface area (Å²) >= 11 is 0. The number of hydrogen-bond acceptors (Lipinski definition) is 6. The molecule has 2 amide bonds. The van der Waals surface area contributed by atoms with Gasteiger partial charge in [-0.2, -0.15) is 0 Å². The van der Waals surface area contributed by atoms with Crippen LogP contribution in [-0.2, 0) is 13.0 Å². The van der Waals surface area contributed by atoms with Crippen molar-refractivity contribution in [2.24, 2.45) is 5.73 Å². The fourth-order valence-corrected chi connectivity index (χ4v) is 6.18. The SMILES string of the molecule is Cc1ccncc1CN(c1ccccc1)C1CCN([C@H](C)CCc2nc(C(=O)N3CCCC3)ccc2C(N)=O)CC1. The number of para-hydroxylation sites is 1. The molecule has 1 atom stereocenters. The Labute approximate surface area is 243 Å². The van der Waals surface area contributed by atoms with Crippen LogP contribution in [0.4, 0.5) is 5.69 Å². The summed E-state index contributed by atoms with van der Waals surface area (Å²) in [5, 5.41) is 0. The monoisotopic (exact) mass is 554 g/mol. The van der Waals surface area contributed by atoms with Crippen LogP contribution >= 0.6 is 0 Å². The minimum Gasteiger partial charge on any atom is -0.366 e. The van der Waals surface area contributed by atoms with E-state index in [0.29, 0.717) is 35.5 Å². The van der Waals surface area contributed by atoms with Gasteiger partial charge in [0.2, 0.25) is 0 Å². The van der Waals surface area contributed by atoms with Gasteiger partial charge in [0.25, 0.3) is 11.8 Å². The third-order valence-electron chi connectivity index (χ3n) is 8.79. The predicted molar refractivity (Wildman–Crippen MR) is 162 cm³/mol. The van der Waals surface area contributed by atoms with Crippen LogP contribution in [0.25, 0.3) is 0 Å². The quantitative estimate of drug-likeness (QED) is 0.393. The van der Waals surface area contributed by atoms with Gasteiger partial charge in [0.05, 0.1) is 11.3 Å². The molecule has 216 valence electrons. The number of aryl methyl sites for hydroxylation is 2. The zero-order valence-corrected chi connectivity index (χ0v) is 24.3. The van der Waals surface area contributed by atoms with E-state index in [1.165, 1.54) is 16.8 Å². The minimum absolute atomic E-state index is 0.0562. The second-order valence-corrected chi connectivity index (χ2v) is 11.5. The average molecular weight is 555 g/mol. The molecule has 2 N–H and O–H groups in total. The highest BCUT2D eigenvalue weighted by Gasteiger charge is 2.28. The van der Waals surface area contributed by atoms with E-state index < -0.39 is 5.91 Å². The van der Waals surface area contributed by atoms with Gasteiger partial charge in [0.15, 0.2) is 0 Å². The molecule has 0 bridgehead atoms. The smallest absolute Gasteiger partial charge is 0.272 e. The fraction of sp³-hybridized carbons (Fsp3) is 0.455. The molecule has 0 aliphatic carbocycles. The average Bonchev–Trinajstić information content (AvgIpc) is 3.55. The van der Waals surface area contributed by atoms with Crippen LogP contribution in [-0.4, -0.2) is 69.8 Å². The summed E-state index contributed by atoms with van der Waals surface area (Å²) in [5.41, 5.74) is 10.9. The number of benzene rings is 1. The van der Waals surface area contributed by atoms with Crippen LogP contribution < -0.4 is 10.6 Å². The van der Waals surface area contributed by atoms with Crippen molar-refractivity contribution in [1.29, 1.82) is 0 Å². The van der Waals surface area contributed by atoms with Gasteiger partial charge in [0.1, 0.15) is 5.69 Å². The molecule has 0 spiro atoms. The molecule has 0 saturated carbocycles. The van der Waals surface area contributed by atoms with Crippen LogP contribution in [0.5, 0.6) is 0 Å². The van der Waals surface area contributed by atoms with E-state index in [2.05, 4.69) is 70.0 Å². The molecule has 41 heavy (non-hydrogen) atoms. The van der Waals surface area contributed by atoms with Gasteiger partial charge in [-0.1, -0.05) is 18.2 Å². The maximum atomic E-state index is 12.9. The third-order valence-corrected chi connectivity index (χ3v) is 8.79. The molecular weight excluding hydrogens is 512 g/mol. The molecule has 2 fully saturated rings. The number of carbonyl (C=O) groups is 2. The Morgan fingerprint density at radius 2 is 1.76 bits per heavy atom. The Morgan fingerprint density at radius 3 is 2.44 bits per heavy atom. The van der Waals surface area contributed by atoms with Gasteiger partial charge in [-0.25, -0.2) is 4.98 Å². The first-order chi connectivity index (χ1) is 19.9. The number of likely N-dealkylation sites (tertiary alicyclic amines) is 2. The number of anilines is 1. The molecule has 3 aromatic rings. The molecule has 2 aliphatic rings. The molecule has 8 heteroatoms. The molecule has 2 saturated heterocycles. The fourth-order valence-electron chi connectivity index (χ4n) is 6.18. The molecule has 2 aliphatic heterocycles. The van der Waals surface area contributed by atoms with E-state index in [0.717, 1.165) is 64.8 Å². The highest BCUT2D eigenvalue weighted by Crippen LogP contribution is 2.28. The maximum Gasteiger partial charge on any atom is 0.272 e. The largest absolute Gasteiger partial charge is 0.366 e. The summed E-state index contributed by atoms with van der Waals surface area (Å²) in [4.78, 5) is 41.0. The first-order valence-electron chi connectivity index (χ1n) is 14.9. The number of carbonyl (C=O) groups excluding carboxylic acids is 2. The van der Waals surface area contributed by atoms with Crippen molar-refractivity contribution >= 4 is 17.5 Å². The molecule has 8 nitrogen and oxygen atoms in total. The Morgan fingerprint density at radius 1 is 1.02 bits per heavy atom. The van der Waals surface area contributed by atoms with E-state index in [4.69, 9.17) is 5.73 Å². The van der Waals surface area contributed by atoms with Crippen LogP contribution in [0.2, 0.25) is 0 Å². The first-order valence-corrected chi connectivity index (χ1v) is 14.9. The van der Waals surface area contributed by atoms with E-state index in [1.807, 2.05) is 17.3 Å². The topological polar surface area (TPSA) is 95.7 Å². The molecule has 4 heterocycles. The van der Waals surface area contributed by atoms with Crippen LogP contribution in [0, 0.1) is 6.92 Å². The first kappa shape index (κ1) is 28.7. The minimum atomic E-state index is -0.494. The molecule has 5 rings (SSSR count). The summed E-state index contributed by atoms with van der Waals surface area (Å²) in [6.45, 7) is 8.79. The lowest BCUT2D eigenvalue weighted by Crippen LogP contribution is -2.47. The summed E-state index contributed by atoms with van der Waals surface area (Å²) in [6.07, 6.45) is 9.50. The number of nitrogens with zero attached hydrogens (tertiary/aromatic N) is 5. The summed E-state index contributed by atoms with van der Waals surface area (Å²) in [5.74, 6) is -0.551. The maximum absolute atomic E-state index is 12.9. The number of amides is 2. The highest BCUT2D eigenvalue weighted by atomic mass is 16.2. The second kappa shape index (κ2) is 13.3. The van der Waals surface area contributed by atoms with Crippen molar-refractivity contribution in [3.63, 3.8) is 0 Å². The van der Waals surface area contributed by atoms with Crippen molar-refractivity contribution in [3.8, 4) is 0 Å². The zero-order valence-electron chi connectivity index (χ0n) is 24.3. The number of primary amides is 1. The lowest BCUT2D eigenvalue weighted by atomic mass is 9.97. The Balaban J connectivity index is 1.22. The van der Waals surface area contributed by atoms with E-state index >= 15 is 0 Å². The van der Waals surface area contributed by atoms with Gasteiger partial charge in [-0.3, -0.25) is 14.6 Å². The van der Waals surface area contributed by atoms with Gasteiger partial charge in [0, 0.05) is 62.9 Å². The van der Waals surface area contributed by atoms with Crippen molar-refractivity contribution < 1.29 is 9.59 Å². The lowest BCUT2D eigenvalue weighted by molar-refractivity contribution is 0.0786. The van der Waals surface area contributed by atoms with Crippen LogP contribution in [0.15, 0.2) is 60.9 Å². The number of rotatable bonds is 10. The summed E-state index contributed by atoms with van der Waals surface area (Å²) in [6, 6.07) is 16.8. The van der Waals surface area contributed by atoms with E-state index in [1.54, 1.807) is 12.1 Å². The number of piperidine rings is 1. The summed E-state index contributed by atoms with van der Waals surface area (Å²) in [7, 11) is 0. The Hall–Kier alpha value is -3.78.